The zero-order valence-electron chi connectivity index (χ0n) is 13.3. The first kappa shape index (κ1) is 14.1. The van der Waals surface area contributed by atoms with Crippen LogP contribution in [0, 0.1) is 13.8 Å². The topological polar surface area (TPSA) is 88.5 Å². The molecule has 1 aliphatic heterocycles. The van der Waals surface area contributed by atoms with E-state index in [0.29, 0.717) is 6.04 Å². The maximum Gasteiger partial charge on any atom is 0.178 e. The molecule has 1 saturated heterocycles. The number of hydrogen-bond acceptors (Lipinski definition) is 8. The van der Waals surface area contributed by atoms with Crippen molar-refractivity contribution in [3.05, 3.63) is 29.3 Å². The lowest BCUT2D eigenvalue weighted by Crippen LogP contribution is -2.58. The van der Waals surface area contributed by atoms with Gasteiger partial charge in [-0.25, -0.2) is 4.63 Å². The van der Waals surface area contributed by atoms with Crippen LogP contribution in [0.5, 0.6) is 0 Å². The molecule has 0 N–H and O–H groups in total. The van der Waals surface area contributed by atoms with E-state index in [2.05, 4.69) is 42.5 Å². The van der Waals surface area contributed by atoms with E-state index in [1.165, 1.54) is 0 Å². The van der Waals surface area contributed by atoms with E-state index in [1.807, 2.05) is 26.0 Å². The van der Waals surface area contributed by atoms with Crippen LogP contribution in [0.25, 0.3) is 5.65 Å². The van der Waals surface area contributed by atoms with Gasteiger partial charge in [0.25, 0.3) is 0 Å². The molecular weight excluding hydrogens is 296 g/mol. The lowest BCUT2D eigenvalue weighted by Gasteiger charge is -2.44. The van der Waals surface area contributed by atoms with Crippen LogP contribution in [-0.4, -0.2) is 61.2 Å². The van der Waals surface area contributed by atoms with E-state index in [-0.39, 0.29) is 0 Å². The van der Waals surface area contributed by atoms with Gasteiger partial charge in [0.15, 0.2) is 11.5 Å². The van der Waals surface area contributed by atoms with Crippen LogP contribution >= 0.6 is 0 Å². The van der Waals surface area contributed by atoms with Gasteiger partial charge < -0.3 is 4.90 Å². The van der Waals surface area contributed by atoms with E-state index in [9.17, 15) is 0 Å². The first-order valence-electron chi connectivity index (χ1n) is 7.54. The molecule has 0 amide bonds. The summed E-state index contributed by atoms with van der Waals surface area (Å²) in [5.41, 5.74) is 2.52. The average molecular weight is 314 g/mol. The summed E-state index contributed by atoms with van der Waals surface area (Å²) in [6.45, 7) is 6.41. The maximum absolute atomic E-state index is 4.75. The van der Waals surface area contributed by atoms with E-state index in [1.54, 1.807) is 4.52 Å². The highest BCUT2D eigenvalue weighted by Crippen LogP contribution is 2.22. The molecule has 1 aliphatic rings. The van der Waals surface area contributed by atoms with Gasteiger partial charge in [0.2, 0.25) is 0 Å². The number of aromatic nitrogens is 6. The third-order valence-electron chi connectivity index (χ3n) is 4.36. The molecule has 0 aromatic carbocycles. The Balaban J connectivity index is 1.42. The Hall–Kier alpha value is -2.55. The van der Waals surface area contributed by atoms with Crippen molar-refractivity contribution in [1.29, 1.82) is 0 Å². The molecule has 120 valence electrons. The highest BCUT2D eigenvalue weighted by atomic mass is 16.6. The fourth-order valence-electron chi connectivity index (χ4n) is 2.73. The summed E-state index contributed by atoms with van der Waals surface area (Å²) < 4.78 is 6.53. The second-order valence-corrected chi connectivity index (χ2v) is 5.98. The smallest absolute Gasteiger partial charge is 0.178 e. The number of rotatable bonds is 4. The molecule has 9 heteroatoms. The molecule has 9 nitrogen and oxygen atoms in total. The maximum atomic E-state index is 4.75. The van der Waals surface area contributed by atoms with Gasteiger partial charge >= 0.3 is 0 Å². The quantitative estimate of drug-likeness (QED) is 0.685. The summed E-state index contributed by atoms with van der Waals surface area (Å²) in [4.78, 5) is 4.51. The van der Waals surface area contributed by atoms with Gasteiger partial charge in [-0.2, -0.15) is 4.52 Å². The van der Waals surface area contributed by atoms with Gasteiger partial charge in [0, 0.05) is 25.7 Å². The summed E-state index contributed by atoms with van der Waals surface area (Å²) in [6.07, 6.45) is 0. The summed E-state index contributed by atoms with van der Waals surface area (Å²) in [5, 5.41) is 20.5. The molecule has 0 saturated carbocycles. The standard InChI is InChI=1S/C14H18N8O/c1-9-12(19-23-18-9)8-20(3)11-6-21(7-11)14-5-4-13-16-15-10(2)22(13)17-14/h4-5,11H,6-8H2,1-3H3. The second-order valence-electron chi connectivity index (χ2n) is 5.98. The van der Waals surface area contributed by atoms with E-state index in [0.717, 1.165) is 48.3 Å². The Labute approximate surface area is 132 Å². The van der Waals surface area contributed by atoms with E-state index < -0.39 is 0 Å². The number of fused-ring (bicyclic) bond motifs is 1. The zero-order chi connectivity index (χ0) is 16.0. The molecule has 0 radical (unpaired) electrons. The van der Waals surface area contributed by atoms with Crippen LogP contribution < -0.4 is 4.90 Å². The second kappa shape index (κ2) is 5.27. The van der Waals surface area contributed by atoms with Crippen molar-refractivity contribution in [2.24, 2.45) is 0 Å². The summed E-state index contributed by atoms with van der Waals surface area (Å²) in [5.74, 6) is 1.74. The predicted octanol–water partition coefficient (Wildman–Crippen LogP) is 0.445. The minimum atomic E-state index is 0.464. The van der Waals surface area contributed by atoms with Crippen LogP contribution in [0.3, 0.4) is 0 Å². The molecule has 4 rings (SSSR count). The van der Waals surface area contributed by atoms with Gasteiger partial charge in [-0.3, -0.25) is 4.90 Å². The molecule has 0 spiro atoms. The Bertz CT molecular complexity index is 834. The van der Waals surface area contributed by atoms with Crippen molar-refractivity contribution in [1.82, 2.24) is 35.0 Å². The first-order chi connectivity index (χ1) is 11.1. The Kier molecular flexibility index (Phi) is 3.22. The molecule has 23 heavy (non-hydrogen) atoms. The summed E-state index contributed by atoms with van der Waals surface area (Å²) in [6, 6.07) is 4.40. The third kappa shape index (κ3) is 2.42. The lowest BCUT2D eigenvalue weighted by atomic mass is 10.1. The van der Waals surface area contributed by atoms with Crippen LogP contribution in [0.15, 0.2) is 16.8 Å². The Morgan fingerprint density at radius 2 is 2.04 bits per heavy atom. The number of nitrogens with zero attached hydrogens (tertiary/aromatic N) is 8. The predicted molar refractivity (Wildman–Crippen MR) is 82.0 cm³/mol. The highest BCUT2D eigenvalue weighted by Gasteiger charge is 2.31. The van der Waals surface area contributed by atoms with Crippen molar-refractivity contribution in [2.75, 3.05) is 25.0 Å². The number of anilines is 1. The minimum absolute atomic E-state index is 0.464. The van der Waals surface area contributed by atoms with Crippen LogP contribution in [0.4, 0.5) is 5.82 Å². The van der Waals surface area contributed by atoms with E-state index in [4.69, 9.17) is 4.63 Å². The summed E-state index contributed by atoms with van der Waals surface area (Å²) in [7, 11) is 2.09. The Morgan fingerprint density at radius 3 is 2.78 bits per heavy atom. The molecule has 1 fully saturated rings. The minimum Gasteiger partial charge on any atom is -0.352 e. The third-order valence-corrected chi connectivity index (χ3v) is 4.36. The van der Waals surface area contributed by atoms with Gasteiger partial charge in [-0.15, -0.1) is 15.3 Å². The largest absolute Gasteiger partial charge is 0.352 e. The number of likely N-dealkylation sites (N-methyl/N-ethyl adjacent to an activating group) is 1. The van der Waals surface area contributed by atoms with Gasteiger partial charge in [0.1, 0.15) is 17.2 Å². The molecule has 0 bridgehead atoms. The molecular formula is C14H18N8O. The highest BCUT2D eigenvalue weighted by molar-refractivity contribution is 5.47. The molecule has 0 atom stereocenters. The van der Waals surface area contributed by atoms with Crippen LogP contribution in [0.2, 0.25) is 0 Å². The molecule has 4 heterocycles. The average Bonchev–Trinajstić information content (AvgIpc) is 3.05. The number of aryl methyl sites for hydroxylation is 2. The van der Waals surface area contributed by atoms with Crippen LogP contribution in [0.1, 0.15) is 17.2 Å². The molecule has 0 unspecified atom stereocenters. The fourth-order valence-corrected chi connectivity index (χ4v) is 2.73. The van der Waals surface area contributed by atoms with Crippen molar-refractivity contribution >= 4 is 11.5 Å². The molecule has 0 aliphatic carbocycles. The number of hydrogen-bond donors (Lipinski definition) is 0. The van der Waals surface area contributed by atoms with Crippen LogP contribution in [-0.2, 0) is 6.54 Å². The SMILES string of the molecule is Cc1nonc1CN(C)C1CN(c2ccc3nnc(C)n3n2)C1. The fraction of sp³-hybridized carbons (Fsp3) is 0.500. The van der Waals surface area contributed by atoms with Crippen molar-refractivity contribution in [3.63, 3.8) is 0 Å². The van der Waals surface area contributed by atoms with Crippen molar-refractivity contribution in [2.45, 2.75) is 26.4 Å². The first-order valence-corrected chi connectivity index (χ1v) is 7.54. The molecule has 3 aromatic rings. The monoisotopic (exact) mass is 314 g/mol. The normalized spacial score (nSPS) is 15.6. The van der Waals surface area contributed by atoms with Gasteiger partial charge in [-0.1, -0.05) is 10.3 Å². The zero-order valence-corrected chi connectivity index (χ0v) is 13.3. The van der Waals surface area contributed by atoms with Gasteiger partial charge in [-0.05, 0) is 33.0 Å². The Morgan fingerprint density at radius 1 is 1.22 bits per heavy atom. The molecule has 3 aromatic heterocycles. The summed E-state index contributed by atoms with van der Waals surface area (Å²) >= 11 is 0. The lowest BCUT2D eigenvalue weighted by molar-refractivity contribution is 0.190. The van der Waals surface area contributed by atoms with Gasteiger partial charge in [0.05, 0.1) is 0 Å². The van der Waals surface area contributed by atoms with E-state index >= 15 is 0 Å². The van der Waals surface area contributed by atoms with Crippen molar-refractivity contribution in [3.8, 4) is 0 Å². The van der Waals surface area contributed by atoms with Crippen molar-refractivity contribution < 1.29 is 4.63 Å².